The lowest BCUT2D eigenvalue weighted by molar-refractivity contribution is 0.0264. The molecule has 1 N–H and O–H groups in total. The molecule has 2 aliphatic heterocycles. The van der Waals surface area contributed by atoms with Crippen LogP contribution in [0.25, 0.3) is 10.9 Å². The van der Waals surface area contributed by atoms with Crippen LogP contribution in [0.3, 0.4) is 0 Å². The quantitative estimate of drug-likeness (QED) is 0.880. The van der Waals surface area contributed by atoms with E-state index in [0.29, 0.717) is 11.8 Å². The van der Waals surface area contributed by atoms with Gasteiger partial charge in [-0.05, 0) is 36.1 Å². The number of nitrogens with zero attached hydrogens (tertiary/aromatic N) is 3. The van der Waals surface area contributed by atoms with Crippen LogP contribution in [0.1, 0.15) is 5.69 Å². The Bertz CT molecular complexity index is 757. The summed E-state index contributed by atoms with van der Waals surface area (Å²) >= 11 is 0. The van der Waals surface area contributed by atoms with Crippen molar-refractivity contribution in [3.63, 3.8) is 0 Å². The highest BCUT2D eigenvalue weighted by Crippen LogP contribution is 2.27. The fraction of sp³-hybridized carbons (Fsp3) is 0.600. The molecule has 0 spiro atoms. The predicted octanol–water partition coefficient (Wildman–Crippen LogP) is 1.69. The first-order valence-electron chi connectivity index (χ1n) is 9.51. The third-order valence-corrected chi connectivity index (χ3v) is 5.97. The molecule has 2 unspecified atom stereocenters. The summed E-state index contributed by atoms with van der Waals surface area (Å²) in [6.45, 7) is 7.63. The average Bonchev–Trinajstić information content (AvgIpc) is 3.16. The van der Waals surface area contributed by atoms with Gasteiger partial charge in [0.25, 0.3) is 0 Å². The maximum atomic E-state index is 13.5. The van der Waals surface area contributed by atoms with Crippen LogP contribution in [-0.2, 0) is 18.3 Å². The van der Waals surface area contributed by atoms with Gasteiger partial charge in [-0.15, -0.1) is 0 Å². The molecule has 1 aromatic heterocycles. The van der Waals surface area contributed by atoms with Crippen molar-refractivity contribution in [1.29, 1.82) is 0 Å². The molecule has 5 nitrogen and oxygen atoms in total. The third kappa shape index (κ3) is 3.64. The van der Waals surface area contributed by atoms with Crippen LogP contribution >= 0.6 is 0 Å². The molecular weight excluding hydrogens is 333 g/mol. The Kier molecular flexibility index (Phi) is 5.27. The molecule has 4 rings (SSSR count). The minimum Gasteiger partial charge on any atom is -0.396 e. The van der Waals surface area contributed by atoms with E-state index in [1.807, 2.05) is 13.1 Å². The first-order valence-corrected chi connectivity index (χ1v) is 9.51. The van der Waals surface area contributed by atoms with Gasteiger partial charge in [0.15, 0.2) is 0 Å². The summed E-state index contributed by atoms with van der Waals surface area (Å²) in [5.41, 5.74) is 2.25. The maximum Gasteiger partial charge on any atom is 0.123 e. The fourth-order valence-corrected chi connectivity index (χ4v) is 4.45. The average molecular weight is 361 g/mol. The van der Waals surface area contributed by atoms with Gasteiger partial charge in [0, 0.05) is 69.5 Å². The Balaban J connectivity index is 1.44. The molecule has 2 saturated heterocycles. The topological polar surface area (TPSA) is 40.9 Å². The van der Waals surface area contributed by atoms with Crippen molar-refractivity contribution in [2.75, 3.05) is 52.5 Å². The second-order valence-electron chi connectivity index (χ2n) is 7.71. The number of hydrogen-bond donors (Lipinski definition) is 1. The molecule has 3 heterocycles. The number of benzene rings is 1. The minimum atomic E-state index is -0.193. The SMILES string of the molecule is Cn1c(CN2CC(CO)C(CN3CCOCC3)C2)cc2cc(F)ccc21. The summed E-state index contributed by atoms with van der Waals surface area (Å²) < 4.78 is 21.1. The lowest BCUT2D eigenvalue weighted by Crippen LogP contribution is -2.41. The summed E-state index contributed by atoms with van der Waals surface area (Å²) in [5, 5.41) is 10.8. The molecule has 1 aromatic carbocycles. The molecule has 0 saturated carbocycles. The second kappa shape index (κ2) is 7.64. The predicted molar refractivity (Wildman–Crippen MR) is 99.5 cm³/mol. The Morgan fingerprint density at radius 3 is 2.65 bits per heavy atom. The highest BCUT2D eigenvalue weighted by molar-refractivity contribution is 5.81. The molecule has 142 valence electrons. The van der Waals surface area contributed by atoms with Gasteiger partial charge < -0.3 is 14.4 Å². The van der Waals surface area contributed by atoms with Gasteiger partial charge in [-0.2, -0.15) is 0 Å². The maximum absolute atomic E-state index is 13.5. The first-order chi connectivity index (χ1) is 12.6. The van der Waals surface area contributed by atoms with Gasteiger partial charge in [-0.25, -0.2) is 4.39 Å². The molecule has 2 atom stereocenters. The lowest BCUT2D eigenvalue weighted by atomic mass is 9.96. The number of aromatic nitrogens is 1. The summed E-state index contributed by atoms with van der Waals surface area (Å²) in [6, 6.07) is 7.04. The van der Waals surface area contributed by atoms with E-state index in [9.17, 15) is 9.50 Å². The Hall–Kier alpha value is -1.47. The number of ether oxygens (including phenoxy) is 1. The molecule has 2 aromatic rings. The van der Waals surface area contributed by atoms with Crippen LogP contribution in [0.15, 0.2) is 24.3 Å². The van der Waals surface area contributed by atoms with E-state index in [2.05, 4.69) is 20.4 Å². The van der Waals surface area contributed by atoms with Gasteiger partial charge in [0.2, 0.25) is 0 Å². The Morgan fingerprint density at radius 1 is 1.12 bits per heavy atom. The molecule has 6 heteroatoms. The van der Waals surface area contributed by atoms with Crippen molar-refractivity contribution in [2.24, 2.45) is 18.9 Å². The smallest absolute Gasteiger partial charge is 0.123 e. The number of aryl methyl sites for hydroxylation is 1. The normalized spacial score (nSPS) is 25.3. The van der Waals surface area contributed by atoms with Crippen molar-refractivity contribution in [3.05, 3.63) is 35.8 Å². The van der Waals surface area contributed by atoms with E-state index < -0.39 is 0 Å². The Morgan fingerprint density at radius 2 is 1.88 bits per heavy atom. The van der Waals surface area contributed by atoms with Crippen LogP contribution < -0.4 is 0 Å². The van der Waals surface area contributed by atoms with Crippen molar-refractivity contribution >= 4 is 10.9 Å². The number of rotatable bonds is 5. The van der Waals surface area contributed by atoms with Gasteiger partial charge in [-0.3, -0.25) is 9.80 Å². The summed E-state index contributed by atoms with van der Waals surface area (Å²) in [7, 11) is 2.04. The molecular formula is C20H28FN3O2. The fourth-order valence-electron chi connectivity index (χ4n) is 4.45. The summed E-state index contributed by atoms with van der Waals surface area (Å²) in [4.78, 5) is 4.89. The molecule has 0 radical (unpaired) electrons. The van der Waals surface area contributed by atoms with Crippen molar-refractivity contribution < 1.29 is 14.2 Å². The molecule has 0 aliphatic carbocycles. The number of morpholine rings is 1. The van der Waals surface area contributed by atoms with E-state index in [4.69, 9.17) is 4.74 Å². The van der Waals surface area contributed by atoms with Crippen LogP contribution in [0.5, 0.6) is 0 Å². The van der Waals surface area contributed by atoms with Crippen molar-refractivity contribution in [1.82, 2.24) is 14.4 Å². The Labute approximate surface area is 153 Å². The number of hydrogen-bond acceptors (Lipinski definition) is 4. The van der Waals surface area contributed by atoms with E-state index in [0.717, 1.165) is 63.4 Å². The number of halogens is 1. The molecule has 0 amide bonds. The highest BCUT2D eigenvalue weighted by atomic mass is 19.1. The summed E-state index contributed by atoms with van der Waals surface area (Å²) in [6.07, 6.45) is 0. The molecule has 26 heavy (non-hydrogen) atoms. The molecule has 2 aliphatic rings. The largest absolute Gasteiger partial charge is 0.396 e. The van der Waals surface area contributed by atoms with Crippen molar-refractivity contribution in [3.8, 4) is 0 Å². The second-order valence-corrected chi connectivity index (χ2v) is 7.71. The van der Waals surface area contributed by atoms with Gasteiger partial charge in [0.1, 0.15) is 5.82 Å². The standard InChI is InChI=1S/C20H28FN3O2/c1-22-19(9-15-8-18(21)2-3-20(15)22)13-24-11-16(17(12-24)14-25)10-23-4-6-26-7-5-23/h2-3,8-9,16-17,25H,4-7,10-14H2,1H3. The number of likely N-dealkylation sites (tertiary alicyclic amines) is 1. The molecule has 0 bridgehead atoms. The zero-order valence-electron chi connectivity index (χ0n) is 15.4. The van der Waals surface area contributed by atoms with Gasteiger partial charge >= 0.3 is 0 Å². The first kappa shape index (κ1) is 17.9. The van der Waals surface area contributed by atoms with Gasteiger partial charge in [0.05, 0.1) is 13.2 Å². The third-order valence-electron chi connectivity index (χ3n) is 5.97. The van der Waals surface area contributed by atoms with E-state index in [1.165, 1.54) is 11.8 Å². The van der Waals surface area contributed by atoms with Crippen LogP contribution in [0.2, 0.25) is 0 Å². The lowest BCUT2D eigenvalue weighted by Gasteiger charge is -2.30. The zero-order chi connectivity index (χ0) is 18.1. The molecule has 2 fully saturated rings. The number of fused-ring (bicyclic) bond motifs is 1. The number of aliphatic hydroxyl groups is 1. The van der Waals surface area contributed by atoms with Gasteiger partial charge in [-0.1, -0.05) is 0 Å². The monoisotopic (exact) mass is 361 g/mol. The van der Waals surface area contributed by atoms with Crippen molar-refractivity contribution in [2.45, 2.75) is 6.54 Å². The van der Waals surface area contributed by atoms with Crippen LogP contribution in [0, 0.1) is 17.7 Å². The zero-order valence-corrected chi connectivity index (χ0v) is 15.4. The van der Waals surface area contributed by atoms with E-state index >= 15 is 0 Å². The van der Waals surface area contributed by atoms with Crippen LogP contribution in [0.4, 0.5) is 4.39 Å². The van der Waals surface area contributed by atoms with E-state index in [1.54, 1.807) is 6.07 Å². The van der Waals surface area contributed by atoms with Crippen LogP contribution in [-0.4, -0.2) is 72.0 Å². The highest BCUT2D eigenvalue weighted by Gasteiger charge is 2.34. The number of aliphatic hydroxyl groups excluding tert-OH is 1. The summed E-state index contributed by atoms with van der Waals surface area (Å²) in [5.74, 6) is 0.622. The van der Waals surface area contributed by atoms with E-state index in [-0.39, 0.29) is 12.4 Å². The minimum absolute atomic E-state index is 0.193.